The van der Waals surface area contributed by atoms with Gasteiger partial charge in [-0.25, -0.2) is 4.79 Å². The highest BCUT2D eigenvalue weighted by Gasteiger charge is 2.12. The number of rotatable bonds is 9. The fraction of sp³-hybridized carbons (Fsp3) is 0.857. The number of nitrogens with zero attached hydrogens (tertiary/aromatic N) is 1. The minimum absolute atomic E-state index is 0.137. The lowest BCUT2D eigenvalue weighted by Crippen LogP contribution is -2.44. The van der Waals surface area contributed by atoms with E-state index in [-0.39, 0.29) is 18.5 Å². The molecular weight excluding hydrogens is 256 g/mol. The van der Waals surface area contributed by atoms with Crippen LogP contribution in [0.1, 0.15) is 40.0 Å². The Labute approximate surface area is 122 Å². The highest BCUT2D eigenvalue weighted by molar-refractivity contribution is 5.95. The molecule has 6 nitrogen and oxygen atoms in total. The molecule has 0 spiro atoms. The highest BCUT2D eigenvalue weighted by atomic mass is 16.2. The number of unbranched alkanes of at least 4 members (excludes halogenated alkanes) is 1. The van der Waals surface area contributed by atoms with Crippen LogP contribution in [-0.2, 0) is 4.79 Å². The number of imide groups is 1. The summed E-state index contributed by atoms with van der Waals surface area (Å²) in [5, 5.41) is 4.96. The third-order valence-electron chi connectivity index (χ3n) is 3.18. The van der Waals surface area contributed by atoms with Crippen molar-refractivity contribution in [2.45, 2.75) is 46.1 Å². The van der Waals surface area contributed by atoms with Crippen molar-refractivity contribution in [1.29, 1.82) is 0 Å². The van der Waals surface area contributed by atoms with Gasteiger partial charge in [0.05, 0.1) is 6.54 Å². The first kappa shape index (κ1) is 18.9. The van der Waals surface area contributed by atoms with Crippen molar-refractivity contribution >= 4 is 11.9 Å². The van der Waals surface area contributed by atoms with Crippen LogP contribution in [0.25, 0.3) is 0 Å². The Bertz CT molecular complexity index is 295. The normalized spacial score (nSPS) is 12.6. The second-order valence-corrected chi connectivity index (χ2v) is 5.59. The number of nitrogens with one attached hydrogen (secondary N) is 2. The number of urea groups is 1. The van der Waals surface area contributed by atoms with Crippen molar-refractivity contribution < 1.29 is 9.59 Å². The quantitative estimate of drug-likeness (QED) is 0.550. The first-order valence-corrected chi connectivity index (χ1v) is 7.38. The van der Waals surface area contributed by atoms with Gasteiger partial charge in [0.1, 0.15) is 0 Å². The topological polar surface area (TPSA) is 87.5 Å². The fourth-order valence-electron chi connectivity index (χ4n) is 1.62. The van der Waals surface area contributed by atoms with Crippen LogP contribution in [0.2, 0.25) is 0 Å². The highest BCUT2D eigenvalue weighted by Crippen LogP contribution is 2.03. The van der Waals surface area contributed by atoms with Gasteiger partial charge >= 0.3 is 6.03 Å². The number of carbonyl (C=O) groups is 2. The van der Waals surface area contributed by atoms with Gasteiger partial charge < -0.3 is 11.1 Å². The van der Waals surface area contributed by atoms with Gasteiger partial charge in [-0.15, -0.1) is 0 Å². The SMILES string of the molecule is CCCCNC(=O)NC(=O)CN(C)CCC(N)C(C)C. The summed E-state index contributed by atoms with van der Waals surface area (Å²) >= 11 is 0. The molecule has 0 aliphatic rings. The van der Waals surface area contributed by atoms with Gasteiger partial charge in [0.25, 0.3) is 0 Å². The predicted octanol–water partition coefficient (Wildman–Crippen LogP) is 0.918. The van der Waals surface area contributed by atoms with Gasteiger partial charge in [-0.1, -0.05) is 27.2 Å². The van der Waals surface area contributed by atoms with E-state index in [2.05, 4.69) is 24.5 Å². The number of amides is 3. The summed E-state index contributed by atoms with van der Waals surface area (Å²) in [6, 6.07) is -0.284. The number of carbonyl (C=O) groups excluding carboxylic acids is 2. The lowest BCUT2D eigenvalue weighted by atomic mass is 10.0. The maximum absolute atomic E-state index is 11.6. The van der Waals surface area contributed by atoms with Crippen LogP contribution in [0.4, 0.5) is 4.79 Å². The Hall–Kier alpha value is -1.14. The molecule has 0 radical (unpaired) electrons. The van der Waals surface area contributed by atoms with Crippen LogP contribution in [0.15, 0.2) is 0 Å². The fourth-order valence-corrected chi connectivity index (χ4v) is 1.62. The predicted molar refractivity (Wildman–Crippen MR) is 81.4 cm³/mol. The van der Waals surface area contributed by atoms with Crippen LogP contribution in [0.5, 0.6) is 0 Å². The monoisotopic (exact) mass is 286 g/mol. The Kier molecular flexibility index (Phi) is 10.0. The van der Waals surface area contributed by atoms with Crippen LogP contribution in [0, 0.1) is 5.92 Å². The molecule has 20 heavy (non-hydrogen) atoms. The molecule has 0 bridgehead atoms. The number of likely N-dealkylation sites (N-methyl/N-ethyl adjacent to an activating group) is 1. The Morgan fingerprint density at radius 2 is 1.95 bits per heavy atom. The van der Waals surface area contributed by atoms with Gasteiger partial charge in [-0.3, -0.25) is 15.0 Å². The molecule has 3 amide bonds. The molecule has 0 aromatic rings. The summed E-state index contributed by atoms with van der Waals surface area (Å²) in [4.78, 5) is 24.9. The van der Waals surface area contributed by atoms with Gasteiger partial charge in [0.2, 0.25) is 5.91 Å². The largest absolute Gasteiger partial charge is 0.338 e. The number of hydrogen-bond acceptors (Lipinski definition) is 4. The summed E-state index contributed by atoms with van der Waals surface area (Å²) in [5.41, 5.74) is 5.95. The summed E-state index contributed by atoms with van der Waals surface area (Å²) in [6.07, 6.45) is 2.76. The molecule has 0 aromatic carbocycles. The van der Waals surface area contributed by atoms with E-state index >= 15 is 0 Å². The molecule has 0 rings (SSSR count). The van der Waals surface area contributed by atoms with Gasteiger partial charge in [-0.2, -0.15) is 0 Å². The van der Waals surface area contributed by atoms with Crippen molar-refractivity contribution in [3.63, 3.8) is 0 Å². The third kappa shape index (κ3) is 9.75. The molecule has 0 aliphatic carbocycles. The molecular formula is C14H30N4O2. The molecule has 0 heterocycles. The van der Waals surface area contributed by atoms with Crippen LogP contribution >= 0.6 is 0 Å². The minimum atomic E-state index is -0.421. The van der Waals surface area contributed by atoms with Crippen molar-refractivity contribution in [3.05, 3.63) is 0 Å². The lowest BCUT2D eigenvalue weighted by Gasteiger charge is -2.20. The van der Waals surface area contributed by atoms with Crippen molar-refractivity contribution in [3.8, 4) is 0 Å². The number of nitrogens with two attached hydrogens (primary N) is 1. The summed E-state index contributed by atoms with van der Waals surface area (Å²) in [7, 11) is 1.85. The zero-order chi connectivity index (χ0) is 15.5. The lowest BCUT2D eigenvalue weighted by molar-refractivity contribution is -0.120. The van der Waals surface area contributed by atoms with E-state index in [1.54, 1.807) is 0 Å². The Morgan fingerprint density at radius 1 is 1.30 bits per heavy atom. The maximum atomic E-state index is 11.6. The zero-order valence-corrected chi connectivity index (χ0v) is 13.2. The third-order valence-corrected chi connectivity index (χ3v) is 3.18. The molecule has 118 valence electrons. The standard InChI is InChI=1S/C14H30N4O2/c1-5-6-8-16-14(20)17-13(19)10-18(4)9-7-12(15)11(2)3/h11-12H,5-10,15H2,1-4H3,(H2,16,17,19,20). The van der Waals surface area contributed by atoms with E-state index in [0.717, 1.165) is 25.8 Å². The summed E-state index contributed by atoms with van der Waals surface area (Å²) < 4.78 is 0. The average molecular weight is 286 g/mol. The van der Waals surface area contributed by atoms with E-state index in [1.807, 2.05) is 18.9 Å². The smallest absolute Gasteiger partial charge is 0.321 e. The Morgan fingerprint density at radius 3 is 2.50 bits per heavy atom. The van der Waals surface area contributed by atoms with E-state index < -0.39 is 6.03 Å². The van der Waals surface area contributed by atoms with Crippen molar-refractivity contribution in [1.82, 2.24) is 15.5 Å². The molecule has 0 saturated carbocycles. The molecule has 0 saturated heterocycles. The summed E-state index contributed by atoms with van der Waals surface area (Å²) in [5.74, 6) is 0.140. The molecule has 0 aliphatic heterocycles. The van der Waals surface area contributed by atoms with Gasteiger partial charge in [-0.05, 0) is 32.4 Å². The van der Waals surface area contributed by atoms with E-state index in [4.69, 9.17) is 5.73 Å². The van der Waals surface area contributed by atoms with Gasteiger partial charge in [0, 0.05) is 12.6 Å². The molecule has 0 aromatic heterocycles. The minimum Gasteiger partial charge on any atom is -0.338 e. The van der Waals surface area contributed by atoms with Crippen molar-refractivity contribution in [2.75, 3.05) is 26.7 Å². The average Bonchev–Trinajstić information content (AvgIpc) is 2.35. The molecule has 4 N–H and O–H groups in total. The second-order valence-electron chi connectivity index (χ2n) is 5.59. The van der Waals surface area contributed by atoms with Gasteiger partial charge in [0.15, 0.2) is 0 Å². The Balaban J connectivity index is 3.81. The molecule has 1 unspecified atom stereocenters. The van der Waals surface area contributed by atoms with E-state index in [0.29, 0.717) is 12.5 Å². The maximum Gasteiger partial charge on any atom is 0.321 e. The zero-order valence-electron chi connectivity index (χ0n) is 13.2. The van der Waals surface area contributed by atoms with E-state index in [1.165, 1.54) is 0 Å². The summed E-state index contributed by atoms with van der Waals surface area (Å²) in [6.45, 7) is 7.74. The first-order chi connectivity index (χ1) is 9.36. The molecule has 6 heteroatoms. The first-order valence-electron chi connectivity index (χ1n) is 7.38. The van der Waals surface area contributed by atoms with Crippen LogP contribution in [-0.4, -0.2) is 49.6 Å². The van der Waals surface area contributed by atoms with E-state index in [9.17, 15) is 9.59 Å². The van der Waals surface area contributed by atoms with Crippen molar-refractivity contribution in [2.24, 2.45) is 11.7 Å². The molecule has 1 atom stereocenters. The molecule has 0 fully saturated rings. The second kappa shape index (κ2) is 10.6. The number of hydrogen-bond donors (Lipinski definition) is 3. The van der Waals surface area contributed by atoms with Crippen LogP contribution < -0.4 is 16.4 Å². The van der Waals surface area contributed by atoms with Crippen LogP contribution in [0.3, 0.4) is 0 Å².